The van der Waals surface area contributed by atoms with Crippen molar-refractivity contribution >= 4 is 17.6 Å². The number of methoxy groups -OCH3 is 1. The molecular weight excluding hydrogens is 260 g/mol. The highest BCUT2D eigenvalue weighted by molar-refractivity contribution is 6.18. The minimum atomic E-state index is -0.0895. The number of alkyl halides is 1. The van der Waals surface area contributed by atoms with Gasteiger partial charge in [0.05, 0.1) is 7.11 Å². The number of hydrogen-bond acceptors (Lipinski definition) is 2. The molecule has 0 fully saturated rings. The molecule has 0 aliphatic rings. The topological polar surface area (TPSA) is 26.3 Å². The van der Waals surface area contributed by atoms with Gasteiger partial charge in [0.2, 0.25) is 0 Å². The molecule has 0 amide bonds. The summed E-state index contributed by atoms with van der Waals surface area (Å²) in [5.74, 6) is 0.512. The lowest BCUT2D eigenvalue weighted by Crippen LogP contribution is -1.99. The number of rotatable bonds is 12. The summed E-state index contributed by atoms with van der Waals surface area (Å²) >= 11 is 5.52. The Morgan fingerprint density at radius 3 is 2.26 bits per heavy atom. The van der Waals surface area contributed by atoms with Gasteiger partial charge in [0.15, 0.2) is 0 Å². The second-order valence-corrected chi connectivity index (χ2v) is 4.88. The molecule has 0 heterocycles. The fourth-order valence-corrected chi connectivity index (χ4v) is 1.92. The molecule has 110 valence electrons. The lowest BCUT2D eigenvalue weighted by Gasteiger charge is -2.00. The van der Waals surface area contributed by atoms with Crippen molar-refractivity contribution in [2.24, 2.45) is 0 Å². The molecule has 3 heteroatoms. The molecule has 0 unspecified atom stereocenters. The van der Waals surface area contributed by atoms with Crippen molar-refractivity contribution in [2.45, 2.75) is 57.8 Å². The van der Waals surface area contributed by atoms with Crippen molar-refractivity contribution in [1.82, 2.24) is 0 Å². The van der Waals surface area contributed by atoms with Crippen LogP contribution in [0, 0.1) is 0 Å². The van der Waals surface area contributed by atoms with E-state index in [9.17, 15) is 4.79 Å². The minimum Gasteiger partial charge on any atom is -0.469 e. The second kappa shape index (κ2) is 15.3. The highest BCUT2D eigenvalue weighted by atomic mass is 35.5. The minimum absolute atomic E-state index is 0.0895. The highest BCUT2D eigenvalue weighted by Gasteiger charge is 1.98. The molecular formula is C16H27ClO2. The first kappa shape index (κ1) is 18.2. The Morgan fingerprint density at radius 2 is 1.58 bits per heavy atom. The van der Waals surface area contributed by atoms with Gasteiger partial charge >= 0.3 is 5.97 Å². The molecule has 0 spiro atoms. The van der Waals surface area contributed by atoms with E-state index in [1.54, 1.807) is 0 Å². The van der Waals surface area contributed by atoms with Gasteiger partial charge in [0.25, 0.3) is 0 Å². The van der Waals surface area contributed by atoms with Crippen LogP contribution in [-0.2, 0) is 9.53 Å². The van der Waals surface area contributed by atoms with Crippen molar-refractivity contribution in [2.75, 3.05) is 13.0 Å². The summed E-state index contributed by atoms with van der Waals surface area (Å²) in [7, 11) is 1.45. The Morgan fingerprint density at radius 1 is 0.947 bits per heavy atom. The summed E-state index contributed by atoms with van der Waals surface area (Å²) in [6.07, 6.45) is 18.3. The zero-order valence-corrected chi connectivity index (χ0v) is 12.8. The molecule has 0 aromatic carbocycles. The smallest absolute Gasteiger partial charge is 0.305 e. The maximum Gasteiger partial charge on any atom is 0.305 e. The average molecular weight is 287 g/mol. The van der Waals surface area contributed by atoms with Crippen LogP contribution in [0.2, 0.25) is 0 Å². The van der Waals surface area contributed by atoms with Gasteiger partial charge in [-0.15, -0.1) is 11.6 Å². The van der Waals surface area contributed by atoms with E-state index in [1.165, 1.54) is 32.8 Å². The summed E-state index contributed by atoms with van der Waals surface area (Å²) in [5.41, 5.74) is 0. The maximum absolute atomic E-state index is 10.9. The van der Waals surface area contributed by atoms with Gasteiger partial charge in [-0.1, -0.05) is 50.0 Å². The maximum atomic E-state index is 10.9. The first-order chi connectivity index (χ1) is 9.31. The Bertz CT molecular complexity index is 259. The van der Waals surface area contributed by atoms with Crippen LogP contribution in [0.5, 0.6) is 0 Å². The quantitative estimate of drug-likeness (QED) is 0.218. The number of ether oxygens (including phenoxy) is 1. The third kappa shape index (κ3) is 15.2. The molecule has 0 aliphatic carbocycles. The normalized spacial score (nSPS) is 11.5. The molecule has 0 saturated heterocycles. The summed E-state index contributed by atoms with van der Waals surface area (Å²) < 4.78 is 4.60. The number of carbonyl (C=O) groups excluding carboxylic acids is 1. The molecule has 0 N–H and O–H groups in total. The molecule has 0 atom stereocenters. The zero-order valence-electron chi connectivity index (χ0n) is 12.1. The number of esters is 1. The monoisotopic (exact) mass is 286 g/mol. The molecule has 0 rings (SSSR count). The van der Waals surface area contributed by atoms with Crippen LogP contribution in [0.1, 0.15) is 57.8 Å². The summed E-state index contributed by atoms with van der Waals surface area (Å²) in [4.78, 5) is 10.9. The summed E-state index contributed by atoms with van der Waals surface area (Å²) in [6, 6.07) is 0. The number of hydrogen-bond donors (Lipinski definition) is 0. The Labute approximate surface area is 122 Å². The van der Waals surface area contributed by atoms with E-state index >= 15 is 0 Å². The van der Waals surface area contributed by atoms with E-state index in [0.717, 1.165) is 25.7 Å². The number of allylic oxidation sites excluding steroid dienone is 4. The number of unbranched alkanes of at least 4 members (excludes halogenated alkanes) is 6. The molecule has 0 aliphatic heterocycles. The SMILES string of the molecule is COC(=O)CCCCCCCCC=CCC=CCCl. The van der Waals surface area contributed by atoms with E-state index in [2.05, 4.69) is 23.0 Å². The molecule has 0 radical (unpaired) electrons. The lowest BCUT2D eigenvalue weighted by atomic mass is 10.1. The third-order valence-corrected chi connectivity index (χ3v) is 3.10. The van der Waals surface area contributed by atoms with Crippen LogP contribution in [0.15, 0.2) is 24.3 Å². The predicted molar refractivity (Wildman–Crippen MR) is 82.6 cm³/mol. The second-order valence-electron chi connectivity index (χ2n) is 4.57. The van der Waals surface area contributed by atoms with E-state index in [-0.39, 0.29) is 5.97 Å². The summed E-state index contributed by atoms with van der Waals surface area (Å²) in [6.45, 7) is 0. The molecule has 2 nitrogen and oxygen atoms in total. The predicted octanol–water partition coefficient (Wildman–Crippen LogP) is 5.02. The van der Waals surface area contributed by atoms with E-state index in [4.69, 9.17) is 11.6 Å². The van der Waals surface area contributed by atoms with Gasteiger partial charge in [0.1, 0.15) is 0 Å². The fraction of sp³-hybridized carbons (Fsp3) is 0.688. The van der Waals surface area contributed by atoms with Gasteiger partial charge in [0, 0.05) is 12.3 Å². The van der Waals surface area contributed by atoms with Gasteiger partial charge in [-0.2, -0.15) is 0 Å². The molecule has 0 aromatic rings. The largest absolute Gasteiger partial charge is 0.469 e. The standard InChI is InChI=1S/C16H27ClO2/c1-19-16(18)14-12-10-8-6-4-2-3-5-7-9-11-13-15-17/h5,7,11,13H,2-4,6,8-10,12,14-15H2,1H3. The first-order valence-electron chi connectivity index (χ1n) is 7.24. The first-order valence-corrected chi connectivity index (χ1v) is 7.77. The third-order valence-electron chi connectivity index (χ3n) is 2.92. The van der Waals surface area contributed by atoms with Crippen LogP contribution in [0.4, 0.5) is 0 Å². The zero-order chi connectivity index (χ0) is 14.2. The van der Waals surface area contributed by atoms with E-state index in [1.807, 2.05) is 6.08 Å². The number of carbonyl (C=O) groups is 1. The highest BCUT2D eigenvalue weighted by Crippen LogP contribution is 2.09. The van der Waals surface area contributed by atoms with Crippen molar-refractivity contribution in [3.05, 3.63) is 24.3 Å². The lowest BCUT2D eigenvalue weighted by molar-refractivity contribution is -0.140. The Kier molecular flexibility index (Phi) is 14.7. The van der Waals surface area contributed by atoms with Crippen LogP contribution in [0.25, 0.3) is 0 Å². The van der Waals surface area contributed by atoms with Crippen molar-refractivity contribution in [1.29, 1.82) is 0 Å². The van der Waals surface area contributed by atoms with Gasteiger partial charge < -0.3 is 4.74 Å². The average Bonchev–Trinajstić information content (AvgIpc) is 2.43. The van der Waals surface area contributed by atoms with Crippen molar-refractivity contribution < 1.29 is 9.53 Å². The van der Waals surface area contributed by atoms with E-state index < -0.39 is 0 Å². The van der Waals surface area contributed by atoms with Gasteiger partial charge in [-0.3, -0.25) is 4.79 Å². The van der Waals surface area contributed by atoms with Gasteiger partial charge in [-0.05, 0) is 25.7 Å². The Balaban J connectivity index is 3.14. The molecule has 0 saturated carbocycles. The van der Waals surface area contributed by atoms with Crippen LogP contribution in [-0.4, -0.2) is 19.0 Å². The fourth-order valence-electron chi connectivity index (χ4n) is 1.79. The molecule has 19 heavy (non-hydrogen) atoms. The van der Waals surface area contributed by atoms with Crippen molar-refractivity contribution in [3.63, 3.8) is 0 Å². The number of halogens is 1. The van der Waals surface area contributed by atoms with Crippen molar-refractivity contribution in [3.8, 4) is 0 Å². The molecule has 0 bridgehead atoms. The Hall–Kier alpha value is -0.760. The molecule has 0 aromatic heterocycles. The van der Waals surface area contributed by atoms with Crippen LogP contribution >= 0.6 is 11.6 Å². The summed E-state index contributed by atoms with van der Waals surface area (Å²) in [5, 5.41) is 0. The van der Waals surface area contributed by atoms with E-state index in [0.29, 0.717) is 12.3 Å². The van der Waals surface area contributed by atoms with Crippen LogP contribution < -0.4 is 0 Å². The van der Waals surface area contributed by atoms with Crippen LogP contribution in [0.3, 0.4) is 0 Å². The van der Waals surface area contributed by atoms with Gasteiger partial charge in [-0.25, -0.2) is 0 Å².